The normalized spacial score (nSPS) is 15.4. The Bertz CT molecular complexity index is 666. The van der Waals surface area contributed by atoms with Gasteiger partial charge in [-0.1, -0.05) is 60.1 Å². The highest BCUT2D eigenvalue weighted by Crippen LogP contribution is 2.36. The number of aryl methyl sites for hydroxylation is 1. The van der Waals surface area contributed by atoms with Gasteiger partial charge in [0.05, 0.1) is 5.75 Å². The smallest absolute Gasteiger partial charge is 0.236 e. The number of hydrogen-bond donors (Lipinski definition) is 1. The minimum Gasteiger partial charge on any atom is -0.300 e. The highest BCUT2D eigenvalue weighted by atomic mass is 32.2. The van der Waals surface area contributed by atoms with Gasteiger partial charge in [0.25, 0.3) is 0 Å². The lowest BCUT2D eigenvalue weighted by Gasteiger charge is -2.19. The molecule has 1 aliphatic rings. The fourth-order valence-electron chi connectivity index (χ4n) is 2.57. The van der Waals surface area contributed by atoms with Crippen molar-refractivity contribution in [3.63, 3.8) is 0 Å². The summed E-state index contributed by atoms with van der Waals surface area (Å²) in [7, 11) is 0. The van der Waals surface area contributed by atoms with Crippen molar-refractivity contribution >= 4 is 45.9 Å². The second-order valence-electron chi connectivity index (χ2n) is 5.90. The van der Waals surface area contributed by atoms with Gasteiger partial charge in [0.1, 0.15) is 0 Å². The van der Waals surface area contributed by atoms with Crippen LogP contribution in [0.3, 0.4) is 0 Å². The first-order chi connectivity index (χ1) is 11.7. The molecule has 1 N–H and O–H groups in total. The molecule has 0 atom stereocenters. The van der Waals surface area contributed by atoms with Crippen molar-refractivity contribution in [2.45, 2.75) is 53.5 Å². The van der Waals surface area contributed by atoms with Gasteiger partial charge in [-0.2, -0.15) is 0 Å². The highest BCUT2D eigenvalue weighted by molar-refractivity contribution is 8.01. The first kappa shape index (κ1) is 17.8. The monoisotopic (exact) mass is 379 g/mol. The predicted molar refractivity (Wildman–Crippen MR) is 103 cm³/mol. The van der Waals surface area contributed by atoms with Crippen molar-refractivity contribution in [3.05, 3.63) is 29.8 Å². The molecule has 24 heavy (non-hydrogen) atoms. The second-order valence-corrected chi connectivity index (χ2v) is 9.47. The number of nitrogens with one attached hydrogen (secondary N) is 1. The summed E-state index contributed by atoms with van der Waals surface area (Å²) in [5, 5.41) is 12.4. The summed E-state index contributed by atoms with van der Waals surface area (Å²) in [5.41, 5.74) is 1.22. The van der Waals surface area contributed by atoms with E-state index in [2.05, 4.69) is 34.6 Å². The lowest BCUT2D eigenvalue weighted by Crippen LogP contribution is -2.13. The topological polar surface area (TPSA) is 54.9 Å². The number of carbonyl (C=O) groups excluding carboxylic acids is 1. The molecule has 1 heterocycles. The van der Waals surface area contributed by atoms with Crippen LogP contribution >= 0.6 is 34.9 Å². The van der Waals surface area contributed by atoms with Crippen LogP contribution in [0.2, 0.25) is 0 Å². The Balaban J connectivity index is 1.45. The number of benzene rings is 1. The highest BCUT2D eigenvalue weighted by Gasteiger charge is 2.17. The first-order valence-corrected chi connectivity index (χ1v) is 10.9. The van der Waals surface area contributed by atoms with E-state index in [-0.39, 0.29) is 5.91 Å². The Labute approximate surface area is 155 Å². The number of carbonyl (C=O) groups is 1. The molecule has 3 rings (SSSR count). The van der Waals surface area contributed by atoms with Crippen molar-refractivity contribution in [1.29, 1.82) is 0 Å². The lowest BCUT2D eigenvalue weighted by molar-refractivity contribution is -0.113. The Morgan fingerprint density at radius 3 is 2.71 bits per heavy atom. The number of amides is 1. The molecular weight excluding hydrogens is 358 g/mol. The molecule has 0 radical (unpaired) electrons. The number of nitrogens with zero attached hydrogens (tertiary/aromatic N) is 2. The van der Waals surface area contributed by atoms with Crippen LogP contribution in [0.25, 0.3) is 0 Å². The molecule has 0 unspecified atom stereocenters. The number of hydrogen-bond acceptors (Lipinski definition) is 6. The summed E-state index contributed by atoms with van der Waals surface area (Å²) in [6, 6.07) is 8.19. The van der Waals surface area contributed by atoms with Crippen molar-refractivity contribution in [2.24, 2.45) is 0 Å². The number of aromatic nitrogens is 2. The van der Waals surface area contributed by atoms with E-state index < -0.39 is 0 Å². The molecule has 1 aromatic heterocycles. The third-order valence-electron chi connectivity index (χ3n) is 3.86. The van der Waals surface area contributed by atoms with Gasteiger partial charge in [0.2, 0.25) is 11.0 Å². The van der Waals surface area contributed by atoms with Crippen LogP contribution in [0.15, 0.2) is 33.5 Å². The molecule has 0 saturated heterocycles. The van der Waals surface area contributed by atoms with Gasteiger partial charge in [-0.05, 0) is 31.9 Å². The van der Waals surface area contributed by atoms with E-state index in [9.17, 15) is 4.79 Å². The van der Waals surface area contributed by atoms with E-state index in [1.54, 1.807) is 0 Å². The average Bonchev–Trinajstić information content (AvgIpc) is 3.02. The zero-order valence-corrected chi connectivity index (χ0v) is 16.1. The number of rotatable bonds is 6. The molecule has 1 saturated carbocycles. The predicted octanol–water partition coefficient (Wildman–Crippen LogP) is 5.00. The van der Waals surface area contributed by atoms with Crippen LogP contribution in [0.1, 0.15) is 37.7 Å². The zero-order chi connectivity index (χ0) is 16.8. The van der Waals surface area contributed by atoms with Gasteiger partial charge in [0.15, 0.2) is 4.34 Å². The molecule has 7 heteroatoms. The third-order valence-corrected chi connectivity index (χ3v) is 7.14. The van der Waals surface area contributed by atoms with Crippen LogP contribution in [0.5, 0.6) is 0 Å². The molecule has 0 bridgehead atoms. The number of anilines is 1. The maximum absolute atomic E-state index is 12.1. The SMILES string of the molecule is Cc1ccc(SCC(=O)Nc2nnc(SC3CCCCC3)s2)cc1. The standard InChI is InChI=1S/C17H21N3OS3/c1-12-7-9-13(10-8-12)22-11-15(21)18-16-19-20-17(24-16)23-14-5-3-2-4-6-14/h7-10,14H,2-6,11H2,1H3,(H,18,19,21). The van der Waals surface area contributed by atoms with E-state index in [0.29, 0.717) is 16.1 Å². The molecule has 1 aromatic carbocycles. The van der Waals surface area contributed by atoms with Gasteiger partial charge < -0.3 is 0 Å². The van der Waals surface area contributed by atoms with Crippen molar-refractivity contribution < 1.29 is 4.79 Å². The third kappa shape index (κ3) is 5.50. The molecule has 2 aromatic rings. The summed E-state index contributed by atoms with van der Waals surface area (Å²) < 4.78 is 0.961. The largest absolute Gasteiger partial charge is 0.300 e. The van der Waals surface area contributed by atoms with Gasteiger partial charge >= 0.3 is 0 Å². The van der Waals surface area contributed by atoms with E-state index in [4.69, 9.17) is 0 Å². The Morgan fingerprint density at radius 1 is 1.21 bits per heavy atom. The zero-order valence-electron chi connectivity index (χ0n) is 13.7. The summed E-state index contributed by atoms with van der Waals surface area (Å²) in [6.07, 6.45) is 6.51. The fourth-order valence-corrected chi connectivity index (χ4v) is 5.54. The van der Waals surface area contributed by atoms with Crippen LogP contribution in [0, 0.1) is 6.92 Å². The minimum atomic E-state index is -0.0362. The second kappa shape index (κ2) is 8.87. The average molecular weight is 380 g/mol. The molecule has 1 amide bonds. The summed E-state index contributed by atoms with van der Waals surface area (Å²) in [4.78, 5) is 13.2. The Hall–Kier alpha value is -1.05. The minimum absolute atomic E-state index is 0.0362. The number of thioether (sulfide) groups is 2. The van der Waals surface area contributed by atoms with E-state index in [1.165, 1.54) is 60.8 Å². The van der Waals surface area contributed by atoms with Crippen molar-refractivity contribution in [2.75, 3.05) is 11.1 Å². The summed E-state index contributed by atoms with van der Waals surface area (Å²) in [6.45, 7) is 2.06. The van der Waals surface area contributed by atoms with Crippen LogP contribution < -0.4 is 5.32 Å². The maximum Gasteiger partial charge on any atom is 0.236 e. The first-order valence-electron chi connectivity index (χ1n) is 8.18. The van der Waals surface area contributed by atoms with E-state index in [1.807, 2.05) is 23.9 Å². The molecule has 1 aliphatic carbocycles. The Kier molecular flexibility index (Phi) is 6.57. The fraction of sp³-hybridized carbons (Fsp3) is 0.471. The summed E-state index contributed by atoms with van der Waals surface area (Å²) in [5.74, 6) is 0.347. The summed E-state index contributed by atoms with van der Waals surface area (Å²) >= 11 is 4.82. The van der Waals surface area contributed by atoms with E-state index in [0.717, 1.165) is 9.24 Å². The molecule has 0 spiro atoms. The van der Waals surface area contributed by atoms with Gasteiger partial charge in [-0.15, -0.1) is 22.0 Å². The van der Waals surface area contributed by atoms with Crippen molar-refractivity contribution in [1.82, 2.24) is 10.2 Å². The van der Waals surface area contributed by atoms with Gasteiger partial charge in [-0.25, -0.2) is 0 Å². The van der Waals surface area contributed by atoms with Gasteiger partial charge in [0, 0.05) is 10.1 Å². The molecular formula is C17H21N3OS3. The Morgan fingerprint density at radius 2 is 1.96 bits per heavy atom. The molecule has 128 valence electrons. The van der Waals surface area contributed by atoms with E-state index >= 15 is 0 Å². The molecule has 4 nitrogen and oxygen atoms in total. The van der Waals surface area contributed by atoms with Crippen LogP contribution in [-0.4, -0.2) is 27.1 Å². The maximum atomic E-state index is 12.1. The lowest BCUT2D eigenvalue weighted by atomic mass is 10.0. The van der Waals surface area contributed by atoms with Crippen molar-refractivity contribution in [3.8, 4) is 0 Å². The quantitative estimate of drug-likeness (QED) is 0.565. The van der Waals surface area contributed by atoms with Crippen LogP contribution in [-0.2, 0) is 4.79 Å². The molecule has 0 aliphatic heterocycles. The molecule has 1 fully saturated rings. The van der Waals surface area contributed by atoms with Crippen LogP contribution in [0.4, 0.5) is 5.13 Å². The van der Waals surface area contributed by atoms with Gasteiger partial charge in [-0.3, -0.25) is 10.1 Å².